The van der Waals surface area contributed by atoms with Gasteiger partial charge in [-0.25, -0.2) is 8.42 Å². The zero-order valence-corrected chi connectivity index (χ0v) is 14.8. The number of nitrogens with zero attached hydrogens (tertiary/aromatic N) is 2. The molecular formula is C18H18N2O4S. The maximum atomic E-state index is 13.0. The van der Waals surface area contributed by atoms with Crippen LogP contribution in [0.2, 0.25) is 0 Å². The van der Waals surface area contributed by atoms with Crippen molar-refractivity contribution < 1.29 is 17.9 Å². The molecule has 2 aromatic rings. The zero-order chi connectivity index (χ0) is 18.0. The molecule has 1 aliphatic rings. The molecule has 0 aromatic heterocycles. The number of hydrogen-bond donors (Lipinski definition) is 0. The minimum atomic E-state index is -3.74. The first-order valence-corrected chi connectivity index (χ1v) is 9.18. The fraction of sp³-hybridized carbons (Fsp3) is 0.278. The van der Waals surface area contributed by atoms with Crippen LogP contribution in [0.3, 0.4) is 0 Å². The van der Waals surface area contributed by atoms with E-state index in [0.29, 0.717) is 24.5 Å². The van der Waals surface area contributed by atoms with Gasteiger partial charge in [-0.2, -0.15) is 9.57 Å². The van der Waals surface area contributed by atoms with Crippen LogP contribution in [0.5, 0.6) is 11.5 Å². The molecule has 6 nitrogen and oxygen atoms in total. The highest BCUT2D eigenvalue weighted by Gasteiger charge is 2.30. The summed E-state index contributed by atoms with van der Waals surface area (Å²) in [5, 5.41) is 9.20. The first-order chi connectivity index (χ1) is 12.0. The van der Waals surface area contributed by atoms with E-state index in [1.807, 2.05) is 18.2 Å². The summed E-state index contributed by atoms with van der Waals surface area (Å²) in [7, 11) is -0.626. The summed E-state index contributed by atoms with van der Waals surface area (Å²) in [6.45, 7) is 0.586. The number of sulfonamides is 1. The van der Waals surface area contributed by atoms with E-state index in [1.54, 1.807) is 26.4 Å². The third kappa shape index (κ3) is 3.06. The smallest absolute Gasteiger partial charge is 0.244 e. The van der Waals surface area contributed by atoms with E-state index >= 15 is 0 Å². The van der Waals surface area contributed by atoms with Gasteiger partial charge in [0.1, 0.15) is 6.07 Å². The van der Waals surface area contributed by atoms with E-state index in [1.165, 1.54) is 16.4 Å². The van der Waals surface area contributed by atoms with E-state index in [0.717, 1.165) is 11.1 Å². The van der Waals surface area contributed by atoms with Crippen molar-refractivity contribution in [1.82, 2.24) is 4.31 Å². The van der Waals surface area contributed by atoms with Gasteiger partial charge in [0.15, 0.2) is 11.5 Å². The van der Waals surface area contributed by atoms with Gasteiger partial charge in [-0.05, 0) is 41.8 Å². The molecule has 1 aliphatic heterocycles. The lowest BCUT2D eigenvalue weighted by atomic mass is 10.0. The Bertz CT molecular complexity index is 948. The van der Waals surface area contributed by atoms with Gasteiger partial charge >= 0.3 is 0 Å². The maximum absolute atomic E-state index is 13.0. The van der Waals surface area contributed by atoms with Crippen molar-refractivity contribution in [3.8, 4) is 17.6 Å². The Labute approximate surface area is 147 Å². The van der Waals surface area contributed by atoms with Crippen molar-refractivity contribution in [3.05, 3.63) is 53.1 Å². The summed E-state index contributed by atoms with van der Waals surface area (Å²) in [6.07, 6.45) is 0.573. The molecule has 0 fully saturated rings. The minimum absolute atomic E-state index is 0.0430. The number of methoxy groups -OCH3 is 2. The number of benzene rings is 2. The number of fused-ring (bicyclic) bond motifs is 1. The summed E-state index contributed by atoms with van der Waals surface area (Å²) in [4.78, 5) is 0.0430. The second kappa shape index (κ2) is 6.75. The standard InChI is InChI=1S/C18H18N2O4S/c1-23-16-9-13-7-8-20(12-15(13)10-17(16)24-2)25(21,22)18-6-4-3-5-14(18)11-19/h3-6,9-10H,7-8,12H2,1-2H3. The Morgan fingerprint density at radius 1 is 1.08 bits per heavy atom. The van der Waals surface area contributed by atoms with Gasteiger partial charge < -0.3 is 9.47 Å². The van der Waals surface area contributed by atoms with Gasteiger partial charge in [-0.15, -0.1) is 0 Å². The van der Waals surface area contributed by atoms with Crippen molar-refractivity contribution in [3.63, 3.8) is 0 Å². The summed E-state index contributed by atoms with van der Waals surface area (Å²) in [6, 6.07) is 11.9. The second-order valence-corrected chi connectivity index (χ2v) is 7.58. The van der Waals surface area contributed by atoms with E-state index in [2.05, 4.69) is 0 Å². The lowest BCUT2D eigenvalue weighted by Crippen LogP contribution is -2.36. The molecule has 0 atom stereocenters. The van der Waals surface area contributed by atoms with Gasteiger partial charge in [0, 0.05) is 13.1 Å². The summed E-state index contributed by atoms with van der Waals surface area (Å²) in [5.74, 6) is 1.20. The lowest BCUT2D eigenvalue weighted by molar-refractivity contribution is 0.348. The zero-order valence-electron chi connectivity index (χ0n) is 14.0. The Morgan fingerprint density at radius 3 is 2.36 bits per heavy atom. The van der Waals surface area contributed by atoms with Crippen molar-refractivity contribution in [2.45, 2.75) is 17.9 Å². The molecule has 130 valence electrons. The molecule has 0 N–H and O–H groups in total. The SMILES string of the molecule is COc1cc2c(cc1OC)CN(S(=O)(=O)c1ccccc1C#N)CC2. The predicted molar refractivity (Wildman–Crippen MR) is 92.0 cm³/mol. The van der Waals surface area contributed by atoms with Gasteiger partial charge in [-0.1, -0.05) is 12.1 Å². The third-order valence-corrected chi connectivity index (χ3v) is 6.21. The number of nitriles is 1. The third-order valence-electron chi connectivity index (χ3n) is 4.31. The van der Waals surface area contributed by atoms with E-state index in [4.69, 9.17) is 9.47 Å². The van der Waals surface area contributed by atoms with Gasteiger partial charge in [-0.3, -0.25) is 0 Å². The highest BCUT2D eigenvalue weighted by Crippen LogP contribution is 2.34. The van der Waals surface area contributed by atoms with Gasteiger partial charge in [0.05, 0.1) is 24.7 Å². The normalized spacial score (nSPS) is 14.4. The largest absolute Gasteiger partial charge is 0.493 e. The molecule has 0 saturated heterocycles. The molecule has 2 aromatic carbocycles. The molecule has 0 spiro atoms. The number of hydrogen-bond acceptors (Lipinski definition) is 5. The molecule has 1 heterocycles. The lowest BCUT2D eigenvalue weighted by Gasteiger charge is -2.29. The fourth-order valence-corrected chi connectivity index (χ4v) is 4.55. The Balaban J connectivity index is 1.98. The summed E-state index contributed by atoms with van der Waals surface area (Å²) >= 11 is 0. The van der Waals surface area contributed by atoms with Crippen molar-refractivity contribution in [1.29, 1.82) is 5.26 Å². The molecule has 0 saturated carbocycles. The van der Waals surface area contributed by atoms with Crippen LogP contribution in [0.4, 0.5) is 0 Å². The average molecular weight is 358 g/mol. The summed E-state index contributed by atoms with van der Waals surface area (Å²) < 4.78 is 38.0. The van der Waals surface area contributed by atoms with Gasteiger partial charge in [0.2, 0.25) is 10.0 Å². The first-order valence-electron chi connectivity index (χ1n) is 7.74. The molecule has 0 amide bonds. The van der Waals surface area contributed by atoms with Crippen molar-refractivity contribution in [2.75, 3.05) is 20.8 Å². The molecule has 3 rings (SSSR count). The van der Waals surface area contributed by atoms with Crippen LogP contribution in [-0.4, -0.2) is 33.5 Å². The Hall–Kier alpha value is -2.56. The highest BCUT2D eigenvalue weighted by atomic mass is 32.2. The van der Waals surface area contributed by atoms with Crippen molar-refractivity contribution >= 4 is 10.0 Å². The highest BCUT2D eigenvalue weighted by molar-refractivity contribution is 7.89. The minimum Gasteiger partial charge on any atom is -0.493 e. The fourth-order valence-electron chi connectivity index (χ4n) is 2.99. The van der Waals surface area contributed by atoms with Crippen LogP contribution in [0.1, 0.15) is 16.7 Å². The number of rotatable bonds is 4. The summed E-state index contributed by atoms with van der Waals surface area (Å²) in [5.41, 5.74) is 2.07. The molecule has 0 unspecified atom stereocenters. The van der Waals surface area contributed by atoms with E-state index in [-0.39, 0.29) is 17.0 Å². The van der Waals surface area contributed by atoms with Crippen LogP contribution >= 0.6 is 0 Å². The monoisotopic (exact) mass is 358 g/mol. The average Bonchev–Trinajstić information content (AvgIpc) is 2.66. The number of ether oxygens (including phenoxy) is 2. The molecule has 7 heteroatoms. The van der Waals surface area contributed by atoms with Gasteiger partial charge in [0.25, 0.3) is 0 Å². The Morgan fingerprint density at radius 2 is 1.72 bits per heavy atom. The van der Waals surface area contributed by atoms with Crippen LogP contribution < -0.4 is 9.47 Å². The molecule has 0 radical (unpaired) electrons. The van der Waals surface area contributed by atoms with Crippen LogP contribution in [0, 0.1) is 11.3 Å². The predicted octanol–water partition coefficient (Wildman–Crippen LogP) is 2.32. The topological polar surface area (TPSA) is 79.6 Å². The van der Waals surface area contributed by atoms with Crippen LogP contribution in [0.25, 0.3) is 0 Å². The van der Waals surface area contributed by atoms with E-state index in [9.17, 15) is 13.7 Å². The molecule has 0 aliphatic carbocycles. The van der Waals surface area contributed by atoms with Crippen molar-refractivity contribution in [2.24, 2.45) is 0 Å². The quantitative estimate of drug-likeness (QED) is 0.838. The van der Waals surface area contributed by atoms with Crippen LogP contribution in [0.15, 0.2) is 41.3 Å². The van der Waals surface area contributed by atoms with Crippen LogP contribution in [-0.2, 0) is 23.0 Å². The van der Waals surface area contributed by atoms with E-state index < -0.39 is 10.0 Å². The first kappa shape index (κ1) is 17.3. The second-order valence-electron chi connectivity index (χ2n) is 5.67. The molecular weight excluding hydrogens is 340 g/mol. The maximum Gasteiger partial charge on any atom is 0.244 e. The Kier molecular flexibility index (Phi) is 4.66. The molecule has 0 bridgehead atoms. The molecule has 25 heavy (non-hydrogen) atoms.